The fourth-order valence-corrected chi connectivity index (χ4v) is 5.58. The Kier molecular flexibility index (Phi) is 6.54. The van der Waals surface area contributed by atoms with Gasteiger partial charge in [0.25, 0.3) is 0 Å². The number of hydrogen-bond acceptors (Lipinski definition) is 4. The van der Waals surface area contributed by atoms with E-state index in [2.05, 4.69) is 22.9 Å². The Balaban J connectivity index is 1.57. The van der Waals surface area contributed by atoms with Crippen molar-refractivity contribution in [2.24, 2.45) is 0 Å². The molecule has 3 aromatic rings. The molecule has 0 amide bonds. The van der Waals surface area contributed by atoms with Crippen molar-refractivity contribution in [1.29, 1.82) is 0 Å². The van der Waals surface area contributed by atoms with Crippen molar-refractivity contribution in [3.8, 4) is 16.9 Å². The maximum Gasteiger partial charge on any atom is 0.341 e. The normalized spacial score (nSPS) is 15.6. The molecule has 4 rings (SSSR count). The van der Waals surface area contributed by atoms with Crippen LogP contribution in [-0.4, -0.2) is 26.1 Å². The van der Waals surface area contributed by atoms with Gasteiger partial charge in [0.1, 0.15) is 5.75 Å². The first-order valence-electron chi connectivity index (χ1n) is 10.9. The van der Waals surface area contributed by atoms with Gasteiger partial charge in [0.2, 0.25) is 10.0 Å². The molecule has 3 aromatic carbocycles. The Labute approximate surface area is 194 Å². The topological polar surface area (TPSA) is 92.7 Å². The van der Waals surface area contributed by atoms with Crippen LogP contribution in [0.15, 0.2) is 65.6 Å². The van der Waals surface area contributed by atoms with Crippen LogP contribution in [0.4, 0.5) is 0 Å². The molecule has 33 heavy (non-hydrogen) atoms. The number of ether oxygens (including phenoxy) is 1. The van der Waals surface area contributed by atoms with E-state index in [4.69, 9.17) is 9.84 Å². The van der Waals surface area contributed by atoms with E-state index in [1.807, 2.05) is 32.0 Å². The second kappa shape index (κ2) is 9.37. The van der Waals surface area contributed by atoms with Crippen LogP contribution >= 0.6 is 0 Å². The number of sulfonamides is 1. The standard InChI is InChI=1S/C26H27NO5S/c1-17-9-10-18(2)23(15-17)19-11-13-20(14-12-19)33(30,31)27-24-7-3-6-22-21(24)5-4-8-25(22)32-16-26(28)29/h4-5,8-15,24,27H,3,6-7,16H2,1-2H3,(H,28,29). The van der Waals surface area contributed by atoms with Crippen LogP contribution in [0.1, 0.15) is 41.1 Å². The summed E-state index contributed by atoms with van der Waals surface area (Å²) >= 11 is 0. The second-order valence-corrected chi connectivity index (χ2v) is 10.1. The molecule has 2 N–H and O–H groups in total. The third-order valence-corrected chi connectivity index (χ3v) is 7.47. The van der Waals surface area contributed by atoms with Crippen LogP contribution in [0.3, 0.4) is 0 Å². The molecular weight excluding hydrogens is 438 g/mol. The number of fused-ring (bicyclic) bond motifs is 1. The molecule has 0 radical (unpaired) electrons. The van der Waals surface area contributed by atoms with Gasteiger partial charge in [-0.1, -0.05) is 48.0 Å². The number of benzene rings is 3. The van der Waals surface area contributed by atoms with E-state index in [0.717, 1.165) is 39.8 Å². The van der Waals surface area contributed by atoms with Gasteiger partial charge in [-0.15, -0.1) is 0 Å². The van der Waals surface area contributed by atoms with Crippen LogP contribution in [0, 0.1) is 13.8 Å². The summed E-state index contributed by atoms with van der Waals surface area (Å²) in [5.41, 5.74) is 6.04. The summed E-state index contributed by atoms with van der Waals surface area (Å²) in [6, 6.07) is 18.1. The number of carboxylic acid groups (broad SMARTS) is 1. The number of aliphatic carboxylic acids is 1. The molecule has 0 spiro atoms. The van der Waals surface area contributed by atoms with Gasteiger partial charge < -0.3 is 9.84 Å². The Hall–Kier alpha value is -3.16. The van der Waals surface area contributed by atoms with Gasteiger partial charge in [-0.2, -0.15) is 0 Å². The molecule has 0 saturated heterocycles. The number of hydrogen-bond donors (Lipinski definition) is 2. The van der Waals surface area contributed by atoms with Crippen LogP contribution in [0.5, 0.6) is 5.75 Å². The number of aryl methyl sites for hydroxylation is 2. The van der Waals surface area contributed by atoms with Gasteiger partial charge in [0, 0.05) is 6.04 Å². The third kappa shape index (κ3) is 5.10. The van der Waals surface area contributed by atoms with E-state index < -0.39 is 28.6 Å². The fourth-order valence-electron chi connectivity index (χ4n) is 4.33. The Morgan fingerprint density at radius 2 is 1.85 bits per heavy atom. The van der Waals surface area contributed by atoms with Gasteiger partial charge in [0.05, 0.1) is 4.90 Å². The summed E-state index contributed by atoms with van der Waals surface area (Å²) in [5.74, 6) is -0.554. The van der Waals surface area contributed by atoms with E-state index in [1.54, 1.807) is 24.3 Å². The monoisotopic (exact) mass is 465 g/mol. The van der Waals surface area contributed by atoms with Crippen molar-refractivity contribution in [3.05, 3.63) is 82.9 Å². The molecule has 0 heterocycles. The zero-order chi connectivity index (χ0) is 23.6. The zero-order valence-electron chi connectivity index (χ0n) is 18.7. The lowest BCUT2D eigenvalue weighted by atomic mass is 9.87. The molecule has 0 fully saturated rings. The summed E-state index contributed by atoms with van der Waals surface area (Å²) < 4.78 is 34.6. The maximum atomic E-state index is 13.2. The van der Waals surface area contributed by atoms with Crippen LogP contribution in [-0.2, 0) is 21.2 Å². The maximum absolute atomic E-state index is 13.2. The molecule has 6 nitrogen and oxygen atoms in total. The zero-order valence-corrected chi connectivity index (χ0v) is 19.5. The first-order chi connectivity index (χ1) is 15.7. The molecule has 0 aliphatic heterocycles. The van der Waals surface area contributed by atoms with Crippen molar-refractivity contribution >= 4 is 16.0 Å². The summed E-state index contributed by atoms with van der Waals surface area (Å²) in [5, 5.41) is 8.91. The third-order valence-electron chi connectivity index (χ3n) is 5.98. The number of nitrogens with one attached hydrogen (secondary N) is 1. The van der Waals surface area contributed by atoms with Gasteiger partial charge in [0.15, 0.2) is 6.61 Å². The molecule has 1 aliphatic rings. The minimum Gasteiger partial charge on any atom is -0.482 e. The fraction of sp³-hybridized carbons (Fsp3) is 0.269. The van der Waals surface area contributed by atoms with Crippen molar-refractivity contribution in [1.82, 2.24) is 4.72 Å². The number of carbonyl (C=O) groups is 1. The van der Waals surface area contributed by atoms with E-state index in [9.17, 15) is 13.2 Å². The molecular formula is C26H27NO5S. The smallest absolute Gasteiger partial charge is 0.341 e. The van der Waals surface area contributed by atoms with Gasteiger partial charge in [-0.25, -0.2) is 17.9 Å². The molecule has 172 valence electrons. The van der Waals surface area contributed by atoms with Crippen LogP contribution < -0.4 is 9.46 Å². The molecule has 1 atom stereocenters. The minimum atomic E-state index is -3.74. The van der Waals surface area contributed by atoms with Crippen LogP contribution in [0.25, 0.3) is 11.1 Å². The predicted octanol–water partition coefficient (Wildman–Crippen LogP) is 4.79. The molecule has 1 unspecified atom stereocenters. The summed E-state index contributed by atoms with van der Waals surface area (Å²) in [6.45, 7) is 3.64. The summed E-state index contributed by atoms with van der Waals surface area (Å²) in [7, 11) is -3.74. The lowest BCUT2D eigenvalue weighted by Gasteiger charge is -2.27. The quantitative estimate of drug-likeness (QED) is 0.523. The van der Waals surface area contributed by atoms with Crippen molar-refractivity contribution in [3.63, 3.8) is 0 Å². The molecule has 0 saturated carbocycles. The minimum absolute atomic E-state index is 0.210. The highest BCUT2D eigenvalue weighted by Crippen LogP contribution is 2.36. The predicted molar refractivity (Wildman–Crippen MR) is 127 cm³/mol. The lowest BCUT2D eigenvalue weighted by molar-refractivity contribution is -0.139. The van der Waals surface area contributed by atoms with E-state index in [-0.39, 0.29) is 4.90 Å². The van der Waals surface area contributed by atoms with E-state index in [0.29, 0.717) is 18.6 Å². The highest BCUT2D eigenvalue weighted by atomic mass is 32.2. The lowest BCUT2D eigenvalue weighted by Crippen LogP contribution is -2.31. The van der Waals surface area contributed by atoms with E-state index >= 15 is 0 Å². The second-order valence-electron chi connectivity index (χ2n) is 8.42. The van der Waals surface area contributed by atoms with Crippen molar-refractivity contribution in [2.75, 3.05) is 6.61 Å². The molecule has 0 bridgehead atoms. The molecule has 1 aliphatic carbocycles. The Morgan fingerprint density at radius 1 is 1.09 bits per heavy atom. The largest absolute Gasteiger partial charge is 0.482 e. The van der Waals surface area contributed by atoms with Crippen molar-refractivity contribution < 1.29 is 23.1 Å². The summed E-state index contributed by atoms with van der Waals surface area (Å²) in [6.07, 6.45) is 2.16. The SMILES string of the molecule is Cc1ccc(C)c(-c2ccc(S(=O)(=O)NC3CCCc4c(OCC(=O)O)cccc43)cc2)c1. The molecule has 7 heteroatoms. The van der Waals surface area contributed by atoms with Crippen LogP contribution in [0.2, 0.25) is 0 Å². The van der Waals surface area contributed by atoms with Gasteiger partial charge in [-0.3, -0.25) is 0 Å². The summed E-state index contributed by atoms with van der Waals surface area (Å²) in [4.78, 5) is 11.1. The first kappa shape index (κ1) is 23.0. The highest BCUT2D eigenvalue weighted by molar-refractivity contribution is 7.89. The first-order valence-corrected chi connectivity index (χ1v) is 12.4. The average Bonchev–Trinajstić information content (AvgIpc) is 2.79. The number of rotatable bonds is 7. The van der Waals surface area contributed by atoms with Crippen molar-refractivity contribution in [2.45, 2.75) is 44.0 Å². The highest BCUT2D eigenvalue weighted by Gasteiger charge is 2.27. The van der Waals surface area contributed by atoms with E-state index in [1.165, 1.54) is 0 Å². The Bertz CT molecular complexity index is 1280. The van der Waals surface area contributed by atoms with Gasteiger partial charge in [-0.05, 0) is 79.1 Å². The molecule has 0 aromatic heterocycles. The number of carboxylic acids is 1. The Morgan fingerprint density at radius 3 is 2.58 bits per heavy atom. The average molecular weight is 466 g/mol. The van der Waals surface area contributed by atoms with Gasteiger partial charge >= 0.3 is 5.97 Å².